The average molecular weight is 543 g/mol. The molecule has 3 aromatic heterocycles. The summed E-state index contributed by atoms with van der Waals surface area (Å²) in [5.74, 6) is -0.0421. The number of carbonyl (C=O) groups excluding carboxylic acids is 2. The van der Waals surface area contributed by atoms with Crippen molar-refractivity contribution in [2.75, 3.05) is 6.61 Å². The van der Waals surface area contributed by atoms with Crippen LogP contribution < -0.4 is 0 Å². The second-order valence-corrected chi connectivity index (χ2v) is 9.11. The fraction of sp³-hybridized carbons (Fsp3) is 0.321. The van der Waals surface area contributed by atoms with Crippen LogP contribution in [0.1, 0.15) is 55.1 Å². The number of aryl methyl sites for hydroxylation is 2. The topological polar surface area (TPSA) is 142 Å². The third-order valence-corrected chi connectivity index (χ3v) is 6.55. The third-order valence-electron chi connectivity index (χ3n) is 6.55. The Morgan fingerprint density at radius 2 is 1.75 bits per heavy atom. The highest BCUT2D eigenvalue weighted by molar-refractivity contribution is 5.93. The number of aromatic nitrogens is 8. The van der Waals surface area contributed by atoms with Crippen LogP contribution in [0.3, 0.4) is 0 Å². The zero-order chi connectivity index (χ0) is 28.2. The van der Waals surface area contributed by atoms with Gasteiger partial charge in [-0.3, -0.25) is 4.68 Å². The number of ether oxygens (including phenoxy) is 2. The van der Waals surface area contributed by atoms with Gasteiger partial charge in [-0.1, -0.05) is 62.4 Å². The van der Waals surface area contributed by atoms with Gasteiger partial charge in [0, 0.05) is 17.5 Å². The van der Waals surface area contributed by atoms with Crippen LogP contribution in [0.4, 0.5) is 0 Å². The Morgan fingerprint density at radius 1 is 1.00 bits per heavy atom. The van der Waals surface area contributed by atoms with Crippen molar-refractivity contribution in [3.63, 3.8) is 0 Å². The number of H-pyrrole nitrogens is 1. The number of carbonyl (C=O) groups is 2. The molecule has 0 aliphatic rings. The summed E-state index contributed by atoms with van der Waals surface area (Å²) < 4.78 is 13.9. The third kappa shape index (κ3) is 5.07. The molecule has 0 saturated carbocycles. The molecular formula is C28H30N8O4. The van der Waals surface area contributed by atoms with Crippen LogP contribution in [0.5, 0.6) is 0 Å². The summed E-state index contributed by atoms with van der Waals surface area (Å²) in [5.41, 5.74) is 5.35. The zero-order valence-electron chi connectivity index (χ0n) is 22.8. The zero-order valence-corrected chi connectivity index (χ0v) is 22.8. The first-order valence-corrected chi connectivity index (χ1v) is 13.2. The van der Waals surface area contributed by atoms with E-state index in [0.29, 0.717) is 47.9 Å². The van der Waals surface area contributed by atoms with Gasteiger partial charge in [0.1, 0.15) is 0 Å². The second-order valence-electron chi connectivity index (χ2n) is 9.11. The Bertz CT molecular complexity index is 1640. The summed E-state index contributed by atoms with van der Waals surface area (Å²) in [7, 11) is 0. The maximum Gasteiger partial charge on any atom is 0.357 e. The predicted molar refractivity (Wildman–Crippen MR) is 145 cm³/mol. The highest BCUT2D eigenvalue weighted by Gasteiger charge is 2.29. The van der Waals surface area contributed by atoms with E-state index in [2.05, 4.69) is 30.7 Å². The van der Waals surface area contributed by atoms with Crippen LogP contribution in [-0.2, 0) is 33.7 Å². The maximum atomic E-state index is 13.4. The molecule has 1 N–H and O–H groups in total. The minimum absolute atomic E-state index is 0.199. The number of hydrogen-bond donors (Lipinski definition) is 1. The van der Waals surface area contributed by atoms with Crippen molar-refractivity contribution < 1.29 is 19.1 Å². The number of hydrogen-bond acceptors (Lipinski definition) is 9. The molecule has 40 heavy (non-hydrogen) atoms. The van der Waals surface area contributed by atoms with Crippen molar-refractivity contribution in [3.8, 4) is 22.5 Å². The van der Waals surface area contributed by atoms with Crippen molar-refractivity contribution in [2.45, 2.75) is 53.2 Å². The fourth-order valence-corrected chi connectivity index (χ4v) is 4.60. The van der Waals surface area contributed by atoms with Gasteiger partial charge in [-0.15, -0.1) is 15.3 Å². The molecule has 12 heteroatoms. The van der Waals surface area contributed by atoms with Gasteiger partial charge >= 0.3 is 11.9 Å². The van der Waals surface area contributed by atoms with E-state index in [-0.39, 0.29) is 6.61 Å². The first-order chi connectivity index (χ1) is 19.4. The molecule has 0 aliphatic carbocycles. The Hall–Kier alpha value is -4.87. The fourth-order valence-electron chi connectivity index (χ4n) is 4.60. The molecule has 0 saturated heterocycles. The number of benzene rings is 2. The van der Waals surface area contributed by atoms with Crippen LogP contribution in [0.15, 0.2) is 48.5 Å². The lowest BCUT2D eigenvalue weighted by Gasteiger charge is -2.15. The molecule has 0 aliphatic heterocycles. The molecule has 12 nitrogen and oxygen atoms in total. The Morgan fingerprint density at radius 3 is 2.40 bits per heavy atom. The summed E-state index contributed by atoms with van der Waals surface area (Å²) in [6.07, 6.45) is 0.131. The summed E-state index contributed by atoms with van der Waals surface area (Å²) in [4.78, 5) is 30.2. The summed E-state index contributed by atoms with van der Waals surface area (Å²) in [6, 6.07) is 15.8. The van der Waals surface area contributed by atoms with Gasteiger partial charge in [0.15, 0.2) is 23.3 Å². The van der Waals surface area contributed by atoms with Crippen LogP contribution in [-0.4, -0.2) is 64.7 Å². The minimum Gasteiger partial charge on any atom is -0.463 e. The minimum atomic E-state index is -1.05. The number of nitrogens with one attached hydrogen (secondary N) is 1. The van der Waals surface area contributed by atoms with Crippen LogP contribution in [0.2, 0.25) is 0 Å². The molecule has 0 bridgehead atoms. The van der Waals surface area contributed by atoms with Crippen molar-refractivity contribution in [2.24, 2.45) is 0 Å². The first-order valence-electron chi connectivity index (χ1n) is 13.2. The van der Waals surface area contributed by atoms with Gasteiger partial charge in [-0.25, -0.2) is 14.6 Å². The van der Waals surface area contributed by atoms with E-state index >= 15 is 0 Å². The Kier molecular flexibility index (Phi) is 7.67. The van der Waals surface area contributed by atoms with Gasteiger partial charge in [-0.05, 0) is 42.2 Å². The van der Waals surface area contributed by atoms with E-state index in [1.807, 2.05) is 62.4 Å². The van der Waals surface area contributed by atoms with E-state index in [4.69, 9.17) is 9.47 Å². The van der Waals surface area contributed by atoms with Gasteiger partial charge < -0.3 is 9.47 Å². The average Bonchev–Trinajstić information content (AvgIpc) is 3.71. The molecule has 0 amide bonds. The second kappa shape index (κ2) is 11.5. The summed E-state index contributed by atoms with van der Waals surface area (Å²) in [5, 5.41) is 19.1. The molecule has 0 radical (unpaired) electrons. The van der Waals surface area contributed by atoms with Crippen molar-refractivity contribution >= 4 is 17.6 Å². The molecule has 3 heterocycles. The Balaban J connectivity index is 1.50. The largest absolute Gasteiger partial charge is 0.463 e. The van der Waals surface area contributed by atoms with Crippen LogP contribution in [0.25, 0.3) is 28.2 Å². The maximum absolute atomic E-state index is 13.4. The number of esters is 2. The van der Waals surface area contributed by atoms with Gasteiger partial charge in [0.25, 0.3) is 0 Å². The molecule has 206 valence electrons. The van der Waals surface area contributed by atoms with E-state index in [0.717, 1.165) is 22.3 Å². The van der Waals surface area contributed by atoms with Crippen molar-refractivity contribution in [1.82, 2.24) is 40.0 Å². The van der Waals surface area contributed by atoms with Crippen LogP contribution in [0, 0.1) is 0 Å². The molecule has 1 unspecified atom stereocenters. The van der Waals surface area contributed by atoms with Gasteiger partial charge in [0.05, 0.1) is 13.2 Å². The molecule has 1 atom stereocenters. The van der Waals surface area contributed by atoms with E-state index < -0.39 is 18.0 Å². The number of rotatable bonds is 10. The molecule has 5 rings (SSSR count). The smallest absolute Gasteiger partial charge is 0.357 e. The van der Waals surface area contributed by atoms with Gasteiger partial charge in [-0.2, -0.15) is 9.84 Å². The van der Waals surface area contributed by atoms with Crippen LogP contribution >= 0.6 is 0 Å². The molecular weight excluding hydrogens is 512 g/mol. The van der Waals surface area contributed by atoms with E-state index in [9.17, 15) is 9.59 Å². The number of nitrogens with zero attached hydrogens (tertiary/aromatic N) is 7. The highest BCUT2D eigenvalue weighted by Crippen LogP contribution is 2.30. The summed E-state index contributed by atoms with van der Waals surface area (Å²) in [6.45, 7) is 7.65. The lowest BCUT2D eigenvalue weighted by atomic mass is 9.98. The summed E-state index contributed by atoms with van der Waals surface area (Å²) >= 11 is 0. The van der Waals surface area contributed by atoms with E-state index in [1.165, 1.54) is 6.92 Å². The number of fused-ring (bicyclic) bond motifs is 1. The number of aromatic amines is 1. The highest BCUT2D eigenvalue weighted by atomic mass is 16.6. The lowest BCUT2D eigenvalue weighted by molar-refractivity contribution is -0.152. The standard InChI is InChI=1S/C28H30N8O4/c1-5-20-24(28(38)40-17(4)27(37)39-7-3)35(36-26(20)29-23(6-2)32-36)16-18-12-14-19(15-13-18)21-10-8-9-11-22(21)25-30-33-34-31-25/h8-15,17H,5-7,16H2,1-4H3,(H,30,31,33,34). The predicted octanol–water partition coefficient (Wildman–Crippen LogP) is 3.66. The number of tetrazole rings is 1. The first kappa shape index (κ1) is 26.7. The molecule has 5 aromatic rings. The van der Waals surface area contributed by atoms with Crippen molar-refractivity contribution in [1.29, 1.82) is 0 Å². The van der Waals surface area contributed by atoms with E-state index in [1.54, 1.807) is 16.2 Å². The molecule has 0 fully saturated rings. The van der Waals surface area contributed by atoms with Gasteiger partial charge in [0.2, 0.25) is 5.82 Å². The van der Waals surface area contributed by atoms with Crippen molar-refractivity contribution in [3.05, 3.63) is 71.2 Å². The normalized spacial score (nSPS) is 12.0. The Labute approximate surface area is 230 Å². The lowest BCUT2D eigenvalue weighted by Crippen LogP contribution is -2.28. The monoisotopic (exact) mass is 542 g/mol. The SMILES string of the molecule is CCOC(=O)C(C)OC(=O)c1c(CC)c2nc(CC)nn2n1Cc1ccc(-c2ccccc2-c2nn[nH]n2)cc1. The molecule has 2 aromatic carbocycles. The molecule has 0 spiro atoms. The quantitative estimate of drug-likeness (QED) is 0.262.